The number of amides is 1. The summed E-state index contributed by atoms with van der Waals surface area (Å²) in [7, 11) is 1.58. The number of aromatic nitrogens is 1. The maximum Gasteiger partial charge on any atom is 0.252 e. The molecule has 1 aromatic heterocycles. The normalized spacial score (nSPS) is 11.7. The number of carbonyl (C=O) groups excluding carboxylic acids is 1. The zero-order valence-electron chi connectivity index (χ0n) is 13.7. The lowest BCUT2D eigenvalue weighted by Gasteiger charge is -2.02. The standard InChI is InChI=1S/C19H17FN2O2S/c1-3-9-22-16-8-7-14(20)12-17(16)25-19(22)21-18(23)11-13-5-4-6-15(10-13)24-2/h3-8,10,12H,1,9,11H2,2H3. The minimum atomic E-state index is -0.311. The van der Waals surface area contributed by atoms with Crippen molar-refractivity contribution in [2.75, 3.05) is 7.11 Å². The average Bonchev–Trinajstić information content (AvgIpc) is 2.91. The molecule has 0 radical (unpaired) electrons. The van der Waals surface area contributed by atoms with Gasteiger partial charge in [0.25, 0.3) is 5.91 Å². The Morgan fingerprint density at radius 2 is 2.20 bits per heavy atom. The zero-order chi connectivity index (χ0) is 17.8. The summed E-state index contributed by atoms with van der Waals surface area (Å²) >= 11 is 1.29. The van der Waals surface area contributed by atoms with Gasteiger partial charge in [0.05, 0.1) is 23.7 Å². The summed E-state index contributed by atoms with van der Waals surface area (Å²) in [4.78, 5) is 17.1. The lowest BCUT2D eigenvalue weighted by molar-refractivity contribution is -0.117. The van der Waals surface area contributed by atoms with Crippen LogP contribution in [-0.4, -0.2) is 17.6 Å². The van der Waals surface area contributed by atoms with E-state index in [-0.39, 0.29) is 18.1 Å². The van der Waals surface area contributed by atoms with Gasteiger partial charge in [-0.25, -0.2) is 4.39 Å². The van der Waals surface area contributed by atoms with E-state index in [4.69, 9.17) is 4.74 Å². The second-order valence-corrected chi connectivity index (χ2v) is 6.44. The first-order valence-electron chi connectivity index (χ1n) is 7.71. The van der Waals surface area contributed by atoms with Gasteiger partial charge in [-0.3, -0.25) is 4.79 Å². The molecule has 1 heterocycles. The highest BCUT2D eigenvalue weighted by molar-refractivity contribution is 7.16. The van der Waals surface area contributed by atoms with Crippen LogP contribution in [0.2, 0.25) is 0 Å². The van der Waals surface area contributed by atoms with E-state index in [1.165, 1.54) is 23.5 Å². The minimum absolute atomic E-state index is 0.174. The summed E-state index contributed by atoms with van der Waals surface area (Å²) in [5, 5.41) is 0. The Morgan fingerprint density at radius 3 is 2.96 bits per heavy atom. The van der Waals surface area contributed by atoms with Gasteiger partial charge in [0.2, 0.25) is 0 Å². The van der Waals surface area contributed by atoms with Crippen LogP contribution in [0.3, 0.4) is 0 Å². The highest BCUT2D eigenvalue weighted by Crippen LogP contribution is 2.19. The highest BCUT2D eigenvalue weighted by Gasteiger charge is 2.09. The number of methoxy groups -OCH3 is 1. The number of carbonyl (C=O) groups is 1. The zero-order valence-corrected chi connectivity index (χ0v) is 14.6. The van der Waals surface area contributed by atoms with E-state index in [0.29, 0.717) is 17.1 Å². The predicted molar refractivity (Wildman–Crippen MR) is 97.2 cm³/mol. The van der Waals surface area contributed by atoms with Crippen molar-refractivity contribution in [3.63, 3.8) is 0 Å². The Bertz CT molecular complexity index is 1000. The Labute approximate surface area is 148 Å². The van der Waals surface area contributed by atoms with Crippen LogP contribution < -0.4 is 9.54 Å². The van der Waals surface area contributed by atoms with E-state index in [1.807, 2.05) is 28.8 Å². The molecule has 25 heavy (non-hydrogen) atoms. The number of rotatable bonds is 5. The number of hydrogen-bond acceptors (Lipinski definition) is 3. The molecule has 0 aliphatic heterocycles. The fraction of sp³-hybridized carbons (Fsp3) is 0.158. The van der Waals surface area contributed by atoms with Crippen LogP contribution in [0.5, 0.6) is 5.75 Å². The first kappa shape index (κ1) is 17.1. The van der Waals surface area contributed by atoms with Gasteiger partial charge in [-0.1, -0.05) is 29.5 Å². The molecule has 0 atom stereocenters. The van der Waals surface area contributed by atoms with Gasteiger partial charge in [-0.05, 0) is 35.9 Å². The van der Waals surface area contributed by atoms with Gasteiger partial charge >= 0.3 is 0 Å². The summed E-state index contributed by atoms with van der Waals surface area (Å²) in [6.07, 6.45) is 1.90. The van der Waals surface area contributed by atoms with E-state index < -0.39 is 0 Å². The fourth-order valence-corrected chi connectivity index (χ4v) is 3.62. The number of allylic oxidation sites excluding steroid dienone is 1. The van der Waals surface area contributed by atoms with E-state index in [9.17, 15) is 9.18 Å². The Kier molecular flexibility index (Phi) is 5.09. The maximum atomic E-state index is 13.5. The van der Waals surface area contributed by atoms with Gasteiger partial charge in [-0.15, -0.1) is 6.58 Å². The third kappa shape index (κ3) is 3.85. The molecular weight excluding hydrogens is 339 g/mol. The molecule has 0 N–H and O–H groups in total. The number of halogens is 1. The molecule has 0 aliphatic rings. The number of ether oxygens (including phenoxy) is 1. The van der Waals surface area contributed by atoms with Crippen molar-refractivity contribution in [3.8, 4) is 5.75 Å². The number of benzene rings is 2. The molecule has 3 rings (SSSR count). The number of thiazole rings is 1. The lowest BCUT2D eigenvalue weighted by Crippen LogP contribution is -2.16. The van der Waals surface area contributed by atoms with Gasteiger partial charge in [-0.2, -0.15) is 4.99 Å². The quantitative estimate of drug-likeness (QED) is 0.654. The summed E-state index contributed by atoms with van der Waals surface area (Å²) in [6, 6.07) is 11.9. The summed E-state index contributed by atoms with van der Waals surface area (Å²) in [5.74, 6) is 0.121. The van der Waals surface area contributed by atoms with Crippen LogP contribution in [0.25, 0.3) is 10.2 Å². The summed E-state index contributed by atoms with van der Waals surface area (Å²) in [6.45, 7) is 4.23. The van der Waals surface area contributed by atoms with Gasteiger partial charge in [0.15, 0.2) is 4.80 Å². The van der Waals surface area contributed by atoms with Crippen molar-refractivity contribution in [1.82, 2.24) is 4.57 Å². The van der Waals surface area contributed by atoms with Crippen LogP contribution in [0.15, 0.2) is 60.1 Å². The molecule has 3 aromatic rings. The summed E-state index contributed by atoms with van der Waals surface area (Å²) in [5.41, 5.74) is 1.66. The van der Waals surface area contributed by atoms with Crippen molar-refractivity contribution in [2.24, 2.45) is 4.99 Å². The molecule has 2 aromatic carbocycles. The summed E-state index contributed by atoms with van der Waals surface area (Å²) < 4.78 is 21.2. The molecule has 0 saturated heterocycles. The van der Waals surface area contributed by atoms with Crippen molar-refractivity contribution < 1.29 is 13.9 Å². The Morgan fingerprint density at radius 1 is 1.36 bits per heavy atom. The van der Waals surface area contributed by atoms with Crippen LogP contribution >= 0.6 is 11.3 Å². The second-order valence-electron chi connectivity index (χ2n) is 5.43. The third-order valence-electron chi connectivity index (χ3n) is 3.67. The molecule has 0 unspecified atom stereocenters. The number of fused-ring (bicyclic) bond motifs is 1. The van der Waals surface area contributed by atoms with Gasteiger partial charge in [0, 0.05) is 6.54 Å². The molecule has 0 fully saturated rings. The number of nitrogens with zero attached hydrogens (tertiary/aromatic N) is 2. The van der Waals surface area contributed by atoms with Crippen molar-refractivity contribution in [2.45, 2.75) is 13.0 Å². The smallest absolute Gasteiger partial charge is 0.252 e. The molecule has 0 saturated carbocycles. The Balaban J connectivity index is 1.97. The van der Waals surface area contributed by atoms with Gasteiger partial charge < -0.3 is 9.30 Å². The maximum absolute atomic E-state index is 13.5. The van der Waals surface area contributed by atoms with E-state index >= 15 is 0 Å². The monoisotopic (exact) mass is 356 g/mol. The van der Waals surface area contributed by atoms with Crippen LogP contribution in [0.1, 0.15) is 5.56 Å². The second kappa shape index (κ2) is 7.44. The number of hydrogen-bond donors (Lipinski definition) is 0. The van der Waals surface area contributed by atoms with E-state index in [1.54, 1.807) is 19.3 Å². The SMILES string of the molecule is C=CCn1c(=NC(=O)Cc2cccc(OC)c2)sc2cc(F)ccc21. The Hall–Kier alpha value is -2.73. The topological polar surface area (TPSA) is 43.6 Å². The van der Waals surface area contributed by atoms with Crippen molar-refractivity contribution >= 4 is 27.5 Å². The van der Waals surface area contributed by atoms with Gasteiger partial charge in [0.1, 0.15) is 11.6 Å². The van der Waals surface area contributed by atoms with Crippen LogP contribution in [-0.2, 0) is 17.8 Å². The molecule has 1 amide bonds. The first-order chi connectivity index (χ1) is 12.1. The molecule has 128 valence electrons. The molecule has 4 nitrogen and oxygen atoms in total. The molecular formula is C19H17FN2O2S. The van der Waals surface area contributed by atoms with E-state index in [0.717, 1.165) is 15.8 Å². The highest BCUT2D eigenvalue weighted by atomic mass is 32.1. The minimum Gasteiger partial charge on any atom is -0.497 e. The average molecular weight is 356 g/mol. The van der Waals surface area contributed by atoms with Crippen LogP contribution in [0.4, 0.5) is 4.39 Å². The first-order valence-corrected chi connectivity index (χ1v) is 8.52. The fourth-order valence-electron chi connectivity index (χ4n) is 2.54. The molecule has 6 heteroatoms. The van der Waals surface area contributed by atoms with Crippen LogP contribution in [0, 0.1) is 5.82 Å². The molecule has 0 spiro atoms. The van der Waals surface area contributed by atoms with Crippen molar-refractivity contribution in [1.29, 1.82) is 0 Å². The largest absolute Gasteiger partial charge is 0.497 e. The predicted octanol–water partition coefficient (Wildman–Crippen LogP) is 3.71. The molecule has 0 aliphatic carbocycles. The van der Waals surface area contributed by atoms with Crippen molar-refractivity contribution in [3.05, 3.63) is 71.3 Å². The molecule has 0 bridgehead atoms. The third-order valence-corrected chi connectivity index (χ3v) is 4.71. The van der Waals surface area contributed by atoms with E-state index in [2.05, 4.69) is 11.6 Å². The lowest BCUT2D eigenvalue weighted by atomic mass is 10.1.